The average Bonchev–Trinajstić information content (AvgIpc) is 3.00. The monoisotopic (exact) mass is 279 g/mol. The normalized spacial score (nSPS) is 28.4. The van der Waals surface area contributed by atoms with Crippen molar-refractivity contribution in [1.82, 2.24) is 5.32 Å². The van der Waals surface area contributed by atoms with Crippen LogP contribution in [0, 0.1) is 11.8 Å². The lowest BCUT2D eigenvalue weighted by molar-refractivity contribution is 0.0923. The van der Waals surface area contributed by atoms with Gasteiger partial charge in [-0.2, -0.15) is 0 Å². The van der Waals surface area contributed by atoms with Gasteiger partial charge in [0, 0.05) is 11.6 Å². The zero-order valence-electron chi connectivity index (χ0n) is 11.0. The van der Waals surface area contributed by atoms with Crippen LogP contribution >= 0.6 is 11.6 Å². The number of hydrogen-bond acceptors (Lipinski definition) is 2. The Morgan fingerprint density at radius 2 is 2.21 bits per heavy atom. The summed E-state index contributed by atoms with van der Waals surface area (Å²) in [6.45, 7) is 0. The third-order valence-corrected chi connectivity index (χ3v) is 4.76. The molecule has 19 heavy (non-hydrogen) atoms. The molecular weight excluding hydrogens is 262 g/mol. The minimum absolute atomic E-state index is 0.0258. The molecule has 4 heteroatoms. The van der Waals surface area contributed by atoms with Gasteiger partial charge in [-0.25, -0.2) is 0 Å². The van der Waals surface area contributed by atoms with Crippen molar-refractivity contribution >= 4 is 17.5 Å². The van der Waals surface area contributed by atoms with Crippen LogP contribution in [0.1, 0.15) is 36.0 Å². The molecule has 3 atom stereocenters. The molecule has 2 saturated carbocycles. The predicted octanol–water partition coefficient (Wildman–Crippen LogP) is 3.27. The summed E-state index contributed by atoms with van der Waals surface area (Å²) in [5.74, 6) is 2.08. The summed E-state index contributed by atoms with van der Waals surface area (Å²) >= 11 is 6.05. The second kappa shape index (κ2) is 5.04. The van der Waals surface area contributed by atoms with Gasteiger partial charge in [-0.3, -0.25) is 4.79 Å². The van der Waals surface area contributed by atoms with Crippen LogP contribution in [-0.2, 0) is 0 Å². The average molecular weight is 280 g/mol. The molecule has 2 aliphatic rings. The number of methoxy groups -OCH3 is 1. The summed E-state index contributed by atoms with van der Waals surface area (Å²) in [4.78, 5) is 12.2. The van der Waals surface area contributed by atoms with Crippen molar-refractivity contribution in [3.63, 3.8) is 0 Å². The minimum atomic E-state index is -0.0258. The number of benzene rings is 1. The van der Waals surface area contributed by atoms with Gasteiger partial charge in [0.25, 0.3) is 5.91 Å². The fourth-order valence-corrected chi connectivity index (χ4v) is 3.74. The molecule has 0 saturated heterocycles. The van der Waals surface area contributed by atoms with Gasteiger partial charge in [0.1, 0.15) is 5.75 Å². The lowest BCUT2D eigenvalue weighted by Crippen LogP contribution is -2.38. The van der Waals surface area contributed by atoms with Crippen LogP contribution in [0.5, 0.6) is 5.75 Å². The standard InChI is InChI=1S/C15H18ClNO2/c1-19-14-5-4-11(8-12(14)16)15(18)17-13-7-9-2-3-10(13)6-9/h4-5,8-10,13H,2-3,6-7H2,1H3,(H,17,18). The number of ether oxygens (including phenoxy) is 1. The molecule has 1 N–H and O–H groups in total. The van der Waals surface area contributed by atoms with E-state index in [1.54, 1.807) is 25.3 Å². The van der Waals surface area contributed by atoms with E-state index in [1.807, 2.05) is 0 Å². The molecule has 0 spiro atoms. The Kier molecular flexibility index (Phi) is 3.40. The van der Waals surface area contributed by atoms with Gasteiger partial charge >= 0.3 is 0 Å². The maximum atomic E-state index is 12.2. The van der Waals surface area contributed by atoms with Gasteiger partial charge < -0.3 is 10.1 Å². The first-order chi connectivity index (χ1) is 9.17. The molecule has 1 aromatic carbocycles. The van der Waals surface area contributed by atoms with E-state index in [2.05, 4.69) is 5.32 Å². The third-order valence-electron chi connectivity index (χ3n) is 4.47. The second-order valence-electron chi connectivity index (χ2n) is 5.60. The Morgan fingerprint density at radius 1 is 1.37 bits per heavy atom. The Labute approximate surface area is 118 Å². The number of rotatable bonds is 3. The Bertz CT molecular complexity index is 503. The highest BCUT2D eigenvalue weighted by atomic mass is 35.5. The van der Waals surface area contributed by atoms with Gasteiger partial charge in [0.2, 0.25) is 0 Å². The van der Waals surface area contributed by atoms with Crippen molar-refractivity contribution in [3.8, 4) is 5.75 Å². The number of hydrogen-bond donors (Lipinski definition) is 1. The first-order valence-electron chi connectivity index (χ1n) is 6.82. The second-order valence-corrected chi connectivity index (χ2v) is 6.01. The highest BCUT2D eigenvalue weighted by Crippen LogP contribution is 2.44. The summed E-state index contributed by atoms with van der Waals surface area (Å²) in [6, 6.07) is 5.51. The van der Waals surface area contributed by atoms with Gasteiger partial charge in [0.15, 0.2) is 0 Å². The Hall–Kier alpha value is -1.22. The largest absolute Gasteiger partial charge is 0.495 e. The van der Waals surface area contributed by atoms with Crippen LogP contribution in [0.3, 0.4) is 0 Å². The van der Waals surface area contributed by atoms with Gasteiger partial charge in [-0.1, -0.05) is 18.0 Å². The summed E-state index contributed by atoms with van der Waals surface area (Å²) in [6.07, 6.45) is 5.03. The van der Waals surface area contributed by atoms with Crippen LogP contribution in [0.15, 0.2) is 18.2 Å². The van der Waals surface area contributed by atoms with Crippen LogP contribution < -0.4 is 10.1 Å². The van der Waals surface area contributed by atoms with E-state index in [0.717, 1.165) is 12.3 Å². The van der Waals surface area contributed by atoms with Crippen molar-refractivity contribution in [2.75, 3.05) is 7.11 Å². The zero-order valence-corrected chi connectivity index (χ0v) is 11.7. The molecule has 3 unspecified atom stereocenters. The van der Waals surface area contributed by atoms with Crippen molar-refractivity contribution in [2.24, 2.45) is 11.8 Å². The van der Waals surface area contributed by atoms with Crippen LogP contribution in [0.2, 0.25) is 5.02 Å². The Morgan fingerprint density at radius 3 is 2.79 bits per heavy atom. The van der Waals surface area contributed by atoms with Crippen LogP contribution in [-0.4, -0.2) is 19.1 Å². The minimum Gasteiger partial charge on any atom is -0.495 e. The summed E-state index contributed by atoms with van der Waals surface area (Å²) in [5, 5.41) is 3.63. The molecule has 0 aliphatic heterocycles. The highest BCUT2D eigenvalue weighted by molar-refractivity contribution is 6.32. The number of halogens is 1. The molecule has 1 amide bonds. The Balaban J connectivity index is 1.69. The molecule has 1 aromatic rings. The SMILES string of the molecule is COc1ccc(C(=O)NC2CC3CCC2C3)cc1Cl. The lowest BCUT2D eigenvalue weighted by atomic mass is 9.95. The number of fused-ring (bicyclic) bond motifs is 2. The number of carbonyl (C=O) groups is 1. The molecule has 2 aliphatic carbocycles. The van der Waals surface area contributed by atoms with E-state index in [-0.39, 0.29) is 5.91 Å². The van der Waals surface area contributed by atoms with Crippen LogP contribution in [0.25, 0.3) is 0 Å². The lowest BCUT2D eigenvalue weighted by Gasteiger charge is -2.23. The molecule has 3 nitrogen and oxygen atoms in total. The molecule has 102 valence electrons. The van der Waals surface area contributed by atoms with Gasteiger partial charge in [-0.05, 0) is 49.3 Å². The number of amides is 1. The molecular formula is C15H18ClNO2. The molecule has 2 fully saturated rings. The van der Waals surface area contributed by atoms with Gasteiger partial charge in [-0.15, -0.1) is 0 Å². The van der Waals surface area contributed by atoms with E-state index in [0.29, 0.717) is 28.3 Å². The third kappa shape index (κ3) is 2.44. The molecule has 3 rings (SSSR count). The predicted molar refractivity (Wildman–Crippen MR) is 74.7 cm³/mol. The molecule has 2 bridgehead atoms. The summed E-state index contributed by atoms with van der Waals surface area (Å²) in [5.41, 5.74) is 0.605. The molecule has 0 radical (unpaired) electrons. The first kappa shape index (κ1) is 12.8. The van der Waals surface area contributed by atoms with Gasteiger partial charge in [0.05, 0.1) is 12.1 Å². The maximum Gasteiger partial charge on any atom is 0.251 e. The molecule has 0 heterocycles. The smallest absolute Gasteiger partial charge is 0.251 e. The van der Waals surface area contributed by atoms with Crippen LogP contribution in [0.4, 0.5) is 0 Å². The van der Waals surface area contributed by atoms with E-state index in [1.165, 1.54) is 19.3 Å². The topological polar surface area (TPSA) is 38.3 Å². The van der Waals surface area contributed by atoms with Crippen molar-refractivity contribution in [3.05, 3.63) is 28.8 Å². The van der Waals surface area contributed by atoms with E-state index in [4.69, 9.17) is 16.3 Å². The van der Waals surface area contributed by atoms with E-state index < -0.39 is 0 Å². The van der Waals surface area contributed by atoms with E-state index in [9.17, 15) is 4.79 Å². The van der Waals surface area contributed by atoms with Crippen molar-refractivity contribution in [1.29, 1.82) is 0 Å². The summed E-state index contributed by atoms with van der Waals surface area (Å²) < 4.78 is 5.09. The summed E-state index contributed by atoms with van der Waals surface area (Å²) in [7, 11) is 1.57. The maximum absolute atomic E-state index is 12.2. The number of nitrogens with one attached hydrogen (secondary N) is 1. The van der Waals surface area contributed by atoms with Crippen molar-refractivity contribution in [2.45, 2.75) is 31.7 Å². The number of carbonyl (C=O) groups excluding carboxylic acids is 1. The van der Waals surface area contributed by atoms with Crippen molar-refractivity contribution < 1.29 is 9.53 Å². The molecule has 0 aromatic heterocycles. The zero-order chi connectivity index (χ0) is 13.4. The highest BCUT2D eigenvalue weighted by Gasteiger charge is 2.40. The fourth-order valence-electron chi connectivity index (χ4n) is 3.48. The van der Waals surface area contributed by atoms with E-state index >= 15 is 0 Å². The first-order valence-corrected chi connectivity index (χ1v) is 7.19. The quantitative estimate of drug-likeness (QED) is 0.922. The fraction of sp³-hybridized carbons (Fsp3) is 0.533.